The highest BCUT2D eigenvalue weighted by Crippen LogP contribution is 2.45. The first-order valence-corrected chi connectivity index (χ1v) is 12.0. The van der Waals surface area contributed by atoms with Crippen molar-refractivity contribution in [3.05, 3.63) is 66.6 Å². The quantitative estimate of drug-likeness (QED) is 0.348. The van der Waals surface area contributed by atoms with Gasteiger partial charge in [-0.3, -0.25) is 4.79 Å². The summed E-state index contributed by atoms with van der Waals surface area (Å²) in [6.07, 6.45) is 1.79. The molecule has 0 aliphatic carbocycles. The molecule has 6 rings (SSSR count). The Morgan fingerprint density at radius 2 is 2.05 bits per heavy atom. The van der Waals surface area contributed by atoms with E-state index in [1.165, 1.54) is 23.8 Å². The van der Waals surface area contributed by atoms with E-state index in [0.717, 1.165) is 48.5 Å². The molecular formula is C26H24F2N6O3. The summed E-state index contributed by atoms with van der Waals surface area (Å²) in [5, 5.41) is 6.73. The molecule has 2 aliphatic heterocycles. The third-order valence-corrected chi connectivity index (χ3v) is 6.57. The molecule has 0 bridgehead atoms. The second-order valence-electron chi connectivity index (χ2n) is 9.05. The molecule has 4 aromatic rings. The minimum Gasteiger partial charge on any atom is -0.395 e. The minimum atomic E-state index is -3.75. The van der Waals surface area contributed by atoms with Crippen LogP contribution in [0.2, 0.25) is 0 Å². The highest BCUT2D eigenvalue weighted by Gasteiger charge is 2.44. The van der Waals surface area contributed by atoms with Gasteiger partial charge in [0.05, 0.1) is 17.6 Å². The molecule has 1 saturated heterocycles. The summed E-state index contributed by atoms with van der Waals surface area (Å²) in [6, 6.07) is 14.3. The summed E-state index contributed by atoms with van der Waals surface area (Å²) in [5.41, 5.74) is 2.91. The maximum absolute atomic E-state index is 13.4. The SMILES string of the molecule is O=C(CNc1cccc(C2CCCN(c3ncnc4[nH]ccc34)C2)c1)Nc1cccc2c1OC(F)(F)O2. The largest absolute Gasteiger partial charge is 0.586 e. The molecular weight excluding hydrogens is 482 g/mol. The van der Waals surface area contributed by atoms with Crippen molar-refractivity contribution in [3.8, 4) is 11.5 Å². The summed E-state index contributed by atoms with van der Waals surface area (Å²) < 4.78 is 35.8. The summed E-state index contributed by atoms with van der Waals surface area (Å²) in [4.78, 5) is 26.8. The number of alkyl halides is 2. The van der Waals surface area contributed by atoms with Gasteiger partial charge < -0.3 is 30.0 Å². The third kappa shape index (κ3) is 4.72. The third-order valence-electron chi connectivity index (χ3n) is 6.57. The lowest BCUT2D eigenvalue weighted by molar-refractivity contribution is -0.286. The monoisotopic (exact) mass is 506 g/mol. The van der Waals surface area contributed by atoms with Crippen molar-refractivity contribution < 1.29 is 23.0 Å². The summed E-state index contributed by atoms with van der Waals surface area (Å²) in [5.74, 6) is 0.524. The summed E-state index contributed by atoms with van der Waals surface area (Å²) >= 11 is 0. The number of benzene rings is 2. The molecule has 1 fully saturated rings. The Morgan fingerprint density at radius 1 is 1.16 bits per heavy atom. The van der Waals surface area contributed by atoms with Gasteiger partial charge in [-0.15, -0.1) is 8.78 Å². The number of aromatic nitrogens is 3. The van der Waals surface area contributed by atoms with Crippen molar-refractivity contribution in [1.82, 2.24) is 15.0 Å². The molecule has 190 valence electrons. The Kier molecular flexibility index (Phi) is 5.74. The average Bonchev–Trinajstić information content (AvgIpc) is 3.51. The van der Waals surface area contributed by atoms with Crippen LogP contribution in [0.3, 0.4) is 0 Å². The normalized spacial score (nSPS) is 18.1. The first-order valence-electron chi connectivity index (χ1n) is 12.0. The number of amides is 1. The van der Waals surface area contributed by atoms with Crippen LogP contribution in [0.25, 0.3) is 11.0 Å². The number of piperidine rings is 1. The molecule has 3 N–H and O–H groups in total. The van der Waals surface area contributed by atoms with Gasteiger partial charge in [0.15, 0.2) is 11.5 Å². The number of hydrogen-bond donors (Lipinski definition) is 3. The first kappa shape index (κ1) is 23.0. The second-order valence-corrected chi connectivity index (χ2v) is 9.05. The molecule has 1 atom stereocenters. The first-order chi connectivity index (χ1) is 17.9. The van der Waals surface area contributed by atoms with Crippen molar-refractivity contribution in [1.29, 1.82) is 0 Å². The Balaban J connectivity index is 1.10. The number of fused-ring (bicyclic) bond motifs is 2. The maximum Gasteiger partial charge on any atom is 0.586 e. The fraction of sp³-hybridized carbons (Fsp3) is 0.269. The van der Waals surface area contributed by atoms with Crippen LogP contribution in [-0.4, -0.2) is 46.8 Å². The van der Waals surface area contributed by atoms with E-state index in [0.29, 0.717) is 5.92 Å². The van der Waals surface area contributed by atoms with Crippen molar-refractivity contribution in [2.24, 2.45) is 0 Å². The van der Waals surface area contributed by atoms with Crippen LogP contribution in [-0.2, 0) is 4.79 Å². The van der Waals surface area contributed by atoms with E-state index >= 15 is 0 Å². The van der Waals surface area contributed by atoms with Gasteiger partial charge in [-0.2, -0.15) is 0 Å². The maximum atomic E-state index is 13.4. The van der Waals surface area contributed by atoms with Crippen LogP contribution >= 0.6 is 0 Å². The molecule has 2 aromatic heterocycles. The van der Waals surface area contributed by atoms with E-state index in [4.69, 9.17) is 0 Å². The number of H-pyrrole nitrogens is 1. The molecule has 2 aliphatic rings. The van der Waals surface area contributed by atoms with Gasteiger partial charge in [0, 0.05) is 30.9 Å². The number of para-hydroxylation sites is 1. The number of carbonyl (C=O) groups excluding carboxylic acids is 1. The highest BCUT2D eigenvalue weighted by atomic mass is 19.3. The fourth-order valence-corrected chi connectivity index (χ4v) is 4.90. The smallest absolute Gasteiger partial charge is 0.395 e. The zero-order valence-electron chi connectivity index (χ0n) is 19.7. The number of ether oxygens (including phenoxy) is 2. The van der Waals surface area contributed by atoms with Gasteiger partial charge in [0.1, 0.15) is 17.8 Å². The molecule has 0 spiro atoms. The van der Waals surface area contributed by atoms with Crippen molar-refractivity contribution in [2.75, 3.05) is 35.2 Å². The summed E-state index contributed by atoms with van der Waals surface area (Å²) in [7, 11) is 0. The van der Waals surface area contributed by atoms with E-state index in [1.807, 2.05) is 30.5 Å². The Bertz CT molecular complexity index is 1460. The van der Waals surface area contributed by atoms with Crippen LogP contribution in [0.4, 0.5) is 26.0 Å². The molecule has 0 saturated carbocycles. The highest BCUT2D eigenvalue weighted by molar-refractivity contribution is 5.95. The van der Waals surface area contributed by atoms with Gasteiger partial charge >= 0.3 is 6.29 Å². The van der Waals surface area contributed by atoms with Crippen LogP contribution in [0.5, 0.6) is 11.5 Å². The fourth-order valence-electron chi connectivity index (χ4n) is 4.90. The lowest BCUT2D eigenvalue weighted by atomic mass is 9.90. The average molecular weight is 507 g/mol. The molecule has 0 radical (unpaired) electrons. The van der Waals surface area contributed by atoms with Gasteiger partial charge in [-0.25, -0.2) is 9.97 Å². The zero-order valence-corrected chi connectivity index (χ0v) is 19.7. The van der Waals surface area contributed by atoms with Gasteiger partial charge in [0.2, 0.25) is 5.91 Å². The van der Waals surface area contributed by atoms with Crippen LogP contribution in [0.15, 0.2) is 61.1 Å². The van der Waals surface area contributed by atoms with Crippen LogP contribution < -0.4 is 25.0 Å². The van der Waals surface area contributed by atoms with Crippen molar-refractivity contribution in [3.63, 3.8) is 0 Å². The molecule has 37 heavy (non-hydrogen) atoms. The van der Waals surface area contributed by atoms with Crippen molar-refractivity contribution >= 4 is 34.1 Å². The van der Waals surface area contributed by atoms with E-state index in [2.05, 4.69) is 46.0 Å². The number of halogens is 2. The number of carbonyl (C=O) groups is 1. The molecule has 9 nitrogen and oxygen atoms in total. The predicted molar refractivity (Wildman–Crippen MR) is 134 cm³/mol. The molecule has 2 aromatic carbocycles. The van der Waals surface area contributed by atoms with Gasteiger partial charge in [0.25, 0.3) is 0 Å². The Labute approximate surface area is 210 Å². The van der Waals surface area contributed by atoms with Gasteiger partial charge in [-0.1, -0.05) is 18.2 Å². The number of nitrogens with zero attached hydrogens (tertiary/aromatic N) is 3. The van der Waals surface area contributed by atoms with E-state index in [1.54, 1.807) is 6.33 Å². The Hall–Kier alpha value is -4.41. The number of rotatable bonds is 6. The van der Waals surface area contributed by atoms with Gasteiger partial charge in [-0.05, 0) is 48.7 Å². The Morgan fingerprint density at radius 3 is 2.97 bits per heavy atom. The summed E-state index contributed by atoms with van der Waals surface area (Å²) in [6.45, 7) is 1.70. The standard InChI is InChI=1S/C26H24F2N6O3/c27-26(28)36-21-8-2-7-20(23(21)37-26)33-22(35)13-30-18-6-1-4-16(12-18)17-5-3-11-34(14-17)25-19-9-10-29-24(19)31-15-32-25/h1-2,4,6-10,12,15,17,30H,3,5,11,13-14H2,(H,33,35)(H,29,31,32). The number of nitrogens with one attached hydrogen (secondary N) is 3. The number of anilines is 3. The topological polar surface area (TPSA) is 104 Å². The molecule has 1 unspecified atom stereocenters. The number of aromatic amines is 1. The lowest BCUT2D eigenvalue weighted by Gasteiger charge is -2.34. The molecule has 11 heteroatoms. The lowest BCUT2D eigenvalue weighted by Crippen LogP contribution is -2.35. The van der Waals surface area contributed by atoms with Crippen LogP contribution in [0.1, 0.15) is 24.3 Å². The van der Waals surface area contributed by atoms with Crippen LogP contribution in [0, 0.1) is 0 Å². The van der Waals surface area contributed by atoms with Crippen molar-refractivity contribution in [2.45, 2.75) is 25.1 Å². The number of hydrogen-bond acceptors (Lipinski definition) is 7. The van der Waals surface area contributed by atoms with E-state index in [-0.39, 0.29) is 23.7 Å². The minimum absolute atomic E-state index is 0.0480. The molecule has 4 heterocycles. The van der Waals surface area contributed by atoms with E-state index < -0.39 is 12.2 Å². The predicted octanol–water partition coefficient (Wildman–Crippen LogP) is 4.71. The zero-order chi connectivity index (χ0) is 25.4. The molecule has 1 amide bonds. The van der Waals surface area contributed by atoms with E-state index in [9.17, 15) is 13.6 Å². The second kappa shape index (κ2) is 9.23.